The van der Waals surface area contributed by atoms with Crippen LogP contribution in [0.25, 0.3) is 0 Å². The van der Waals surface area contributed by atoms with E-state index in [1.165, 1.54) is 6.20 Å². The van der Waals surface area contributed by atoms with Crippen LogP contribution in [0, 0.1) is 5.92 Å². The number of hydrogen-bond acceptors (Lipinski definition) is 9. The molecule has 216 valence electrons. The van der Waals surface area contributed by atoms with Gasteiger partial charge in [0.05, 0.1) is 23.3 Å². The molecule has 0 saturated heterocycles. The van der Waals surface area contributed by atoms with Gasteiger partial charge < -0.3 is 9.84 Å². The number of alkyl halides is 5. The molecule has 0 aliphatic carbocycles. The van der Waals surface area contributed by atoms with Crippen molar-refractivity contribution in [3.63, 3.8) is 0 Å². The standard InChI is InChI=1S/C16H17F5N2O2S.C9H8N2O2S/c1-7(2)6-8-9(15(24)25-3)11(13(17)18)23-12(16(19,20)21)10(8)14-22-4-5-26-14;12-9(13)7-5-10-2-1-6(7)8-11-3-4-14-8/h7,13H,4-6H2,1-3H3;1-2,5H,3-4H2,(H,12,13). The lowest BCUT2D eigenvalue weighted by Crippen LogP contribution is -2.24. The van der Waals surface area contributed by atoms with Gasteiger partial charge in [-0.05, 0) is 24.0 Å². The second kappa shape index (κ2) is 13.5. The fourth-order valence-corrected chi connectivity index (χ4v) is 5.74. The van der Waals surface area contributed by atoms with E-state index in [4.69, 9.17) is 5.11 Å². The lowest BCUT2D eigenvalue weighted by molar-refractivity contribution is -0.141. The van der Waals surface area contributed by atoms with Crippen LogP contribution < -0.4 is 0 Å². The van der Waals surface area contributed by atoms with Gasteiger partial charge in [-0.25, -0.2) is 23.4 Å². The van der Waals surface area contributed by atoms with E-state index in [1.807, 2.05) is 0 Å². The van der Waals surface area contributed by atoms with Crippen molar-refractivity contribution in [1.82, 2.24) is 9.97 Å². The highest BCUT2D eigenvalue weighted by Crippen LogP contribution is 2.40. The number of carboxylic acids is 1. The number of rotatable bonds is 7. The average Bonchev–Trinajstić information content (AvgIpc) is 3.62. The van der Waals surface area contributed by atoms with E-state index < -0.39 is 47.1 Å². The highest BCUT2D eigenvalue weighted by atomic mass is 32.2. The zero-order chi connectivity index (χ0) is 29.6. The Morgan fingerprint density at radius 1 is 1.10 bits per heavy atom. The predicted octanol–water partition coefficient (Wildman–Crippen LogP) is 5.79. The highest BCUT2D eigenvalue weighted by Gasteiger charge is 2.42. The van der Waals surface area contributed by atoms with Crippen LogP contribution in [0.1, 0.15) is 69.1 Å². The second-order valence-corrected chi connectivity index (χ2v) is 10.9. The number of halogens is 5. The molecule has 2 aromatic heterocycles. The highest BCUT2D eigenvalue weighted by molar-refractivity contribution is 8.15. The van der Waals surface area contributed by atoms with Gasteiger partial charge in [-0.3, -0.25) is 15.0 Å². The maximum atomic E-state index is 13.6. The number of thioether (sulfide) groups is 2. The summed E-state index contributed by atoms with van der Waals surface area (Å²) in [5.74, 6) is -0.891. The number of carbonyl (C=O) groups is 2. The molecule has 4 heterocycles. The summed E-state index contributed by atoms with van der Waals surface area (Å²) >= 11 is 2.67. The minimum Gasteiger partial charge on any atom is -0.478 e. The minimum absolute atomic E-state index is 0.0231. The molecule has 0 amide bonds. The largest absolute Gasteiger partial charge is 0.478 e. The molecule has 1 N–H and O–H groups in total. The molecule has 2 aliphatic rings. The topological polar surface area (TPSA) is 114 Å². The van der Waals surface area contributed by atoms with Crippen LogP contribution in [0.5, 0.6) is 0 Å². The van der Waals surface area contributed by atoms with E-state index in [-0.39, 0.29) is 28.5 Å². The molecule has 15 heteroatoms. The number of aliphatic imine (C=N–C) groups is 2. The lowest BCUT2D eigenvalue weighted by Gasteiger charge is -2.22. The number of carbonyl (C=O) groups excluding carboxylic acids is 1. The zero-order valence-corrected chi connectivity index (χ0v) is 23.2. The molecule has 4 rings (SSSR count). The van der Waals surface area contributed by atoms with Crippen LogP contribution in [0.2, 0.25) is 0 Å². The van der Waals surface area contributed by atoms with E-state index in [9.17, 15) is 31.5 Å². The van der Waals surface area contributed by atoms with E-state index in [2.05, 4.69) is 24.7 Å². The van der Waals surface area contributed by atoms with Crippen molar-refractivity contribution in [3.05, 3.63) is 57.7 Å². The Bertz CT molecular complexity index is 1330. The third-order valence-corrected chi connectivity index (χ3v) is 7.48. The van der Waals surface area contributed by atoms with E-state index in [0.717, 1.165) is 36.2 Å². The van der Waals surface area contributed by atoms with Crippen molar-refractivity contribution in [2.45, 2.75) is 32.9 Å². The Labute approximate surface area is 234 Å². The first-order valence-electron chi connectivity index (χ1n) is 11.9. The maximum absolute atomic E-state index is 13.6. The summed E-state index contributed by atoms with van der Waals surface area (Å²) in [6.45, 7) is 4.50. The van der Waals surface area contributed by atoms with Crippen molar-refractivity contribution in [2.24, 2.45) is 15.9 Å². The molecule has 0 atom stereocenters. The van der Waals surface area contributed by atoms with Crippen LogP contribution in [0.15, 0.2) is 28.4 Å². The van der Waals surface area contributed by atoms with Gasteiger partial charge in [0, 0.05) is 48.1 Å². The fourth-order valence-electron chi connectivity index (χ4n) is 3.93. The number of ether oxygens (including phenoxy) is 1. The number of hydrogen-bond donors (Lipinski definition) is 1. The van der Waals surface area contributed by atoms with Gasteiger partial charge in [0.1, 0.15) is 10.7 Å². The molecule has 0 radical (unpaired) electrons. The molecular weight excluding hydrogens is 579 g/mol. The van der Waals surface area contributed by atoms with Gasteiger partial charge in [0.15, 0.2) is 5.69 Å². The smallest absolute Gasteiger partial charge is 0.434 e. The first-order chi connectivity index (χ1) is 18.9. The number of aromatic nitrogens is 2. The van der Waals surface area contributed by atoms with Crippen LogP contribution >= 0.6 is 23.5 Å². The van der Waals surface area contributed by atoms with Crippen molar-refractivity contribution in [2.75, 3.05) is 31.7 Å². The Morgan fingerprint density at radius 2 is 1.73 bits per heavy atom. The summed E-state index contributed by atoms with van der Waals surface area (Å²) in [7, 11) is 0.982. The average molecular weight is 605 g/mol. The van der Waals surface area contributed by atoms with Crippen LogP contribution in [-0.4, -0.2) is 68.8 Å². The molecule has 0 bridgehead atoms. The van der Waals surface area contributed by atoms with Crippen LogP contribution in [-0.2, 0) is 17.3 Å². The molecule has 0 unspecified atom stereocenters. The van der Waals surface area contributed by atoms with Crippen LogP contribution in [0.4, 0.5) is 22.0 Å². The Balaban J connectivity index is 0.000000263. The quantitative estimate of drug-likeness (QED) is 0.312. The number of pyridine rings is 2. The van der Waals surface area contributed by atoms with Crippen LogP contribution in [0.3, 0.4) is 0 Å². The number of carboxylic acid groups (broad SMARTS) is 1. The summed E-state index contributed by atoms with van der Waals surface area (Å²) in [6, 6.07) is 1.70. The van der Waals surface area contributed by atoms with Gasteiger partial charge in [-0.2, -0.15) is 13.2 Å². The second-order valence-electron chi connectivity index (χ2n) is 8.76. The zero-order valence-electron chi connectivity index (χ0n) is 21.6. The summed E-state index contributed by atoms with van der Waals surface area (Å²) in [6.07, 6.45) is -5.40. The number of methoxy groups -OCH3 is 1. The van der Waals surface area contributed by atoms with E-state index in [1.54, 1.807) is 37.9 Å². The Hall–Kier alpha value is -3.07. The first kappa shape index (κ1) is 31.5. The summed E-state index contributed by atoms with van der Waals surface area (Å²) in [5, 5.41) is 9.79. The number of esters is 1. The molecular formula is C25H25F5N4O4S2. The van der Waals surface area contributed by atoms with Gasteiger partial charge >= 0.3 is 18.1 Å². The van der Waals surface area contributed by atoms with Crippen molar-refractivity contribution in [3.8, 4) is 0 Å². The van der Waals surface area contributed by atoms with Gasteiger partial charge in [0.2, 0.25) is 0 Å². The third kappa shape index (κ3) is 7.36. The molecule has 2 aromatic rings. The summed E-state index contributed by atoms with van der Waals surface area (Å²) in [4.78, 5) is 38.3. The Morgan fingerprint density at radius 3 is 2.20 bits per heavy atom. The number of aromatic carboxylic acids is 1. The van der Waals surface area contributed by atoms with E-state index >= 15 is 0 Å². The molecule has 0 spiro atoms. The molecule has 40 heavy (non-hydrogen) atoms. The monoisotopic (exact) mass is 604 g/mol. The van der Waals surface area contributed by atoms with Gasteiger partial charge in [-0.1, -0.05) is 13.8 Å². The SMILES string of the molecule is COC(=O)c1c(C(F)F)nc(C(F)(F)F)c(C2=NCCS2)c1CC(C)C.O=C(O)c1cnccc1C1=NCCS1. The first-order valence-corrected chi connectivity index (χ1v) is 13.9. The minimum atomic E-state index is -4.97. The lowest BCUT2D eigenvalue weighted by atomic mass is 9.91. The van der Waals surface area contributed by atoms with Crippen molar-refractivity contribution < 1.29 is 41.4 Å². The van der Waals surface area contributed by atoms with E-state index in [0.29, 0.717) is 17.9 Å². The molecule has 0 aromatic carbocycles. The maximum Gasteiger partial charge on any atom is 0.434 e. The van der Waals surface area contributed by atoms with Crippen molar-refractivity contribution in [1.29, 1.82) is 0 Å². The molecule has 0 saturated carbocycles. The molecule has 8 nitrogen and oxygen atoms in total. The number of nitrogens with zero attached hydrogens (tertiary/aromatic N) is 4. The fraction of sp³-hybridized carbons (Fsp3) is 0.440. The normalized spacial score (nSPS) is 15.1. The third-order valence-electron chi connectivity index (χ3n) is 5.47. The molecule has 2 aliphatic heterocycles. The predicted molar refractivity (Wildman–Crippen MR) is 143 cm³/mol. The van der Waals surface area contributed by atoms with Gasteiger partial charge in [0.25, 0.3) is 6.43 Å². The Kier molecular flexibility index (Phi) is 10.6. The summed E-state index contributed by atoms with van der Waals surface area (Å²) < 4.78 is 72.2. The van der Waals surface area contributed by atoms with Gasteiger partial charge in [-0.15, -0.1) is 23.5 Å². The molecule has 0 fully saturated rings. The summed E-state index contributed by atoms with van der Waals surface area (Å²) in [5.41, 5.74) is -2.89. The van der Waals surface area contributed by atoms with Crippen molar-refractivity contribution >= 4 is 45.5 Å².